The maximum atomic E-state index is 13.9. The van der Waals surface area contributed by atoms with Crippen molar-refractivity contribution in [2.75, 3.05) is 32.7 Å². The van der Waals surface area contributed by atoms with Crippen molar-refractivity contribution in [2.45, 2.75) is 18.8 Å². The van der Waals surface area contributed by atoms with Crippen LogP contribution in [0.15, 0.2) is 28.7 Å². The Labute approximate surface area is 140 Å². The van der Waals surface area contributed by atoms with E-state index in [0.29, 0.717) is 16.9 Å². The van der Waals surface area contributed by atoms with E-state index in [0.717, 1.165) is 32.1 Å². The first-order chi connectivity index (χ1) is 11.6. The van der Waals surface area contributed by atoms with Crippen LogP contribution in [0.4, 0.5) is 4.39 Å². The highest BCUT2D eigenvalue weighted by Gasteiger charge is 2.59. The van der Waals surface area contributed by atoms with Gasteiger partial charge in [0.15, 0.2) is 0 Å². The summed E-state index contributed by atoms with van der Waals surface area (Å²) in [5.74, 6) is 1.43. The molecule has 0 spiro atoms. The molecule has 5 nitrogen and oxygen atoms in total. The van der Waals surface area contributed by atoms with E-state index in [4.69, 9.17) is 4.42 Å². The van der Waals surface area contributed by atoms with Crippen molar-refractivity contribution < 1.29 is 8.81 Å². The molecule has 126 valence electrons. The minimum atomic E-state index is -0.333. The van der Waals surface area contributed by atoms with Gasteiger partial charge in [-0.15, -0.1) is 10.2 Å². The van der Waals surface area contributed by atoms with Crippen LogP contribution < -0.4 is 5.32 Å². The maximum Gasteiger partial charge on any atom is 0.250 e. The summed E-state index contributed by atoms with van der Waals surface area (Å²) in [4.78, 5) is 2.49. The summed E-state index contributed by atoms with van der Waals surface area (Å²) in [5, 5.41) is 11.8. The summed E-state index contributed by atoms with van der Waals surface area (Å²) in [6, 6.07) is 6.51. The average Bonchev–Trinajstić information content (AvgIpc) is 2.91. The first kappa shape index (κ1) is 14.5. The van der Waals surface area contributed by atoms with Crippen molar-refractivity contribution >= 4 is 0 Å². The molecule has 0 amide bonds. The Morgan fingerprint density at radius 3 is 2.88 bits per heavy atom. The second-order valence-electron chi connectivity index (χ2n) is 7.99. The third-order valence-corrected chi connectivity index (χ3v) is 5.96. The van der Waals surface area contributed by atoms with Gasteiger partial charge in [0.05, 0.1) is 11.0 Å². The van der Waals surface area contributed by atoms with E-state index in [-0.39, 0.29) is 17.1 Å². The average molecular weight is 328 g/mol. The molecule has 2 aliphatic heterocycles. The lowest BCUT2D eigenvalue weighted by atomic mass is 9.81. The monoisotopic (exact) mass is 328 g/mol. The molecule has 24 heavy (non-hydrogen) atoms. The molecule has 3 aliphatic rings. The molecule has 1 aromatic heterocycles. The smallest absolute Gasteiger partial charge is 0.250 e. The van der Waals surface area contributed by atoms with Crippen LogP contribution in [0.3, 0.4) is 0 Å². The lowest BCUT2D eigenvalue weighted by Crippen LogP contribution is -2.59. The zero-order valence-corrected chi connectivity index (χ0v) is 13.8. The summed E-state index contributed by atoms with van der Waals surface area (Å²) in [6.07, 6.45) is 1.37. The van der Waals surface area contributed by atoms with Gasteiger partial charge in [-0.2, -0.15) is 0 Å². The largest absolute Gasteiger partial charge is 0.420 e. The summed E-state index contributed by atoms with van der Waals surface area (Å²) in [5.41, 5.74) is 0.769. The number of halogens is 1. The molecule has 1 saturated carbocycles. The van der Waals surface area contributed by atoms with Crippen LogP contribution in [0, 0.1) is 17.2 Å². The van der Waals surface area contributed by atoms with Crippen molar-refractivity contribution in [3.05, 3.63) is 36.0 Å². The molecule has 2 saturated heterocycles. The molecule has 2 atom stereocenters. The molecule has 5 rings (SSSR count). The molecular weight excluding hydrogens is 307 g/mol. The lowest BCUT2D eigenvalue weighted by molar-refractivity contribution is 0.0402. The Bertz CT molecular complexity index is 785. The summed E-state index contributed by atoms with van der Waals surface area (Å²) in [7, 11) is 0. The van der Waals surface area contributed by atoms with Crippen LogP contribution in [0.5, 0.6) is 0 Å². The molecule has 1 aliphatic carbocycles. The number of nitrogens with one attached hydrogen (secondary N) is 1. The second-order valence-corrected chi connectivity index (χ2v) is 7.99. The Kier molecular flexibility index (Phi) is 2.95. The van der Waals surface area contributed by atoms with Gasteiger partial charge in [-0.3, -0.25) is 0 Å². The van der Waals surface area contributed by atoms with Crippen molar-refractivity contribution in [2.24, 2.45) is 11.3 Å². The van der Waals surface area contributed by atoms with Crippen LogP contribution in [0.25, 0.3) is 11.5 Å². The fourth-order valence-electron chi connectivity index (χ4n) is 4.53. The standard InChI is InChI=1S/C18H21FN4O/c1-17(9-23(10-17)11-18-6-12(18)7-20-8-18)16-22-21-15(24-16)13-4-2-3-5-14(13)19/h2-5,12,20H,6-11H2,1H3. The number of benzene rings is 1. The van der Waals surface area contributed by atoms with Gasteiger partial charge >= 0.3 is 0 Å². The molecule has 6 heteroatoms. The fourth-order valence-corrected chi connectivity index (χ4v) is 4.53. The second kappa shape index (κ2) is 4.86. The molecule has 3 heterocycles. The lowest BCUT2D eigenvalue weighted by Gasteiger charge is -2.47. The fraction of sp³-hybridized carbons (Fsp3) is 0.556. The van der Waals surface area contributed by atoms with Gasteiger partial charge in [-0.1, -0.05) is 12.1 Å². The van der Waals surface area contributed by atoms with Gasteiger partial charge in [0.25, 0.3) is 5.89 Å². The zero-order chi connectivity index (χ0) is 16.4. The molecule has 0 bridgehead atoms. The number of piperidine rings is 1. The molecule has 2 aromatic rings. The zero-order valence-electron chi connectivity index (χ0n) is 13.8. The van der Waals surface area contributed by atoms with E-state index in [2.05, 4.69) is 27.3 Å². The van der Waals surface area contributed by atoms with Crippen molar-refractivity contribution in [1.82, 2.24) is 20.4 Å². The number of hydrogen-bond donors (Lipinski definition) is 1. The Balaban J connectivity index is 1.29. The minimum absolute atomic E-state index is 0.121. The number of fused-ring (bicyclic) bond motifs is 1. The van der Waals surface area contributed by atoms with Gasteiger partial charge < -0.3 is 14.6 Å². The van der Waals surface area contributed by atoms with E-state index in [9.17, 15) is 4.39 Å². The third-order valence-electron chi connectivity index (χ3n) is 5.96. The van der Waals surface area contributed by atoms with Crippen molar-refractivity contribution in [3.8, 4) is 11.5 Å². The maximum absolute atomic E-state index is 13.9. The Morgan fingerprint density at radius 2 is 2.17 bits per heavy atom. The molecule has 3 fully saturated rings. The van der Waals surface area contributed by atoms with E-state index in [1.165, 1.54) is 19.0 Å². The molecule has 2 unspecified atom stereocenters. The summed E-state index contributed by atoms with van der Waals surface area (Å²) in [6.45, 7) is 7.51. The first-order valence-electron chi connectivity index (χ1n) is 8.60. The molecule has 1 aromatic carbocycles. The highest BCUT2D eigenvalue weighted by molar-refractivity contribution is 5.53. The van der Waals surface area contributed by atoms with Gasteiger partial charge in [-0.25, -0.2) is 4.39 Å². The van der Waals surface area contributed by atoms with Crippen molar-refractivity contribution in [3.63, 3.8) is 0 Å². The summed E-state index contributed by atoms with van der Waals surface area (Å²) < 4.78 is 19.7. The number of nitrogens with zero attached hydrogens (tertiary/aromatic N) is 3. The van der Waals surface area contributed by atoms with E-state index in [1.807, 2.05) is 0 Å². The van der Waals surface area contributed by atoms with Crippen LogP contribution >= 0.6 is 0 Å². The van der Waals surface area contributed by atoms with Gasteiger partial charge in [0.1, 0.15) is 5.82 Å². The quantitative estimate of drug-likeness (QED) is 0.931. The van der Waals surface area contributed by atoms with Crippen LogP contribution in [0.2, 0.25) is 0 Å². The minimum Gasteiger partial charge on any atom is -0.420 e. The van der Waals surface area contributed by atoms with E-state index < -0.39 is 0 Å². The normalized spacial score (nSPS) is 30.8. The third kappa shape index (κ3) is 2.13. The Morgan fingerprint density at radius 1 is 1.33 bits per heavy atom. The van der Waals surface area contributed by atoms with Gasteiger partial charge in [-0.05, 0) is 43.4 Å². The van der Waals surface area contributed by atoms with Gasteiger partial charge in [0.2, 0.25) is 5.89 Å². The predicted molar refractivity (Wildman–Crippen MR) is 86.9 cm³/mol. The topological polar surface area (TPSA) is 54.2 Å². The van der Waals surface area contributed by atoms with Crippen LogP contribution in [0.1, 0.15) is 19.2 Å². The molecular formula is C18H21FN4O. The van der Waals surface area contributed by atoms with Crippen LogP contribution in [-0.4, -0.2) is 47.8 Å². The van der Waals surface area contributed by atoms with E-state index in [1.54, 1.807) is 18.2 Å². The molecule has 0 radical (unpaired) electrons. The summed E-state index contributed by atoms with van der Waals surface area (Å²) >= 11 is 0. The number of hydrogen-bond acceptors (Lipinski definition) is 5. The van der Waals surface area contributed by atoms with E-state index >= 15 is 0 Å². The molecule has 1 N–H and O–H groups in total. The van der Waals surface area contributed by atoms with Crippen LogP contribution in [-0.2, 0) is 5.41 Å². The number of aromatic nitrogens is 2. The predicted octanol–water partition coefficient (Wildman–Crippen LogP) is 2.06. The highest BCUT2D eigenvalue weighted by Crippen LogP contribution is 2.56. The first-order valence-corrected chi connectivity index (χ1v) is 8.60. The Hall–Kier alpha value is -1.79. The van der Waals surface area contributed by atoms with Gasteiger partial charge in [0, 0.05) is 26.2 Å². The van der Waals surface area contributed by atoms with Crippen molar-refractivity contribution in [1.29, 1.82) is 0 Å². The SMILES string of the molecule is CC1(c2nnc(-c3ccccc3F)o2)CN(CC23CNCC2C3)C1. The number of likely N-dealkylation sites (tertiary alicyclic amines) is 1. The number of rotatable bonds is 4. The highest BCUT2D eigenvalue weighted by atomic mass is 19.1.